The van der Waals surface area contributed by atoms with E-state index in [-0.39, 0.29) is 41.6 Å². The van der Waals surface area contributed by atoms with Crippen molar-refractivity contribution in [3.63, 3.8) is 0 Å². The summed E-state index contributed by atoms with van der Waals surface area (Å²) in [6.45, 7) is 4.53. The normalized spacial score (nSPS) is 11.3. The minimum absolute atomic E-state index is 0.150. The first-order valence-corrected chi connectivity index (χ1v) is 37.2. The third-order valence-corrected chi connectivity index (χ3v) is 17.5. The van der Waals surface area contributed by atoms with Crippen LogP contribution in [0.5, 0.6) is 28.7 Å². The standard InChI is InChI=1S/C25H23F3N4O3.C21H21F3N4O4.C19H17F3N4O4.C18H15F3N4O4/c1-30(14-17-4-8-20(34-3)9-5-17)23-12-24(33)32(16-22(23)18-13-29-31(2)15-18)19-6-10-21(11-7-19)35-25(26,27)28;1-3-4-9-31-20(30)26-18-10-19(29)28(13-17(18)14-11-25-27(2)12-14)15-5-7-16(8-6-15)32-21(22,23)24;1-3-29-18(28)24-16-8-17(27)26(11-15(16)12-9-23-25(2)10-12)13-4-6-14(7-5-13)30-19(20,21)22;1-24-9-11(8-22-24)14-10-25(16(26)7-15(14)23-17(27)28-2)12-3-5-13(6-4-12)29-18(19,20)21/h4-13,15-16H,14H2,1-3H3;5-8,10-13H,3-4,9H2,1-2H3,(H,26,30);4-11H,3H2,1-2H3,(H,24,28);3-10H,1-2H3,(H,23,27). The molecule has 13 aromatic rings. The van der Waals surface area contributed by atoms with Gasteiger partial charge in [0.2, 0.25) is 0 Å². The Kier molecular flexibility index (Phi) is 29.8. The Morgan fingerprint density at radius 3 is 0.944 bits per heavy atom. The first-order chi connectivity index (χ1) is 59.6. The highest BCUT2D eigenvalue weighted by molar-refractivity contribution is 5.93. The number of amides is 3. The van der Waals surface area contributed by atoms with Crippen LogP contribution in [0.4, 0.5) is 89.8 Å². The number of hydrogen-bond donors (Lipinski definition) is 3. The Balaban J connectivity index is 0.000000176. The zero-order chi connectivity index (χ0) is 91.5. The van der Waals surface area contributed by atoms with Crippen LogP contribution in [0.3, 0.4) is 0 Å². The van der Waals surface area contributed by atoms with Crippen molar-refractivity contribution in [2.24, 2.45) is 28.2 Å². The van der Waals surface area contributed by atoms with E-state index in [1.165, 1.54) is 140 Å². The van der Waals surface area contributed by atoms with Crippen LogP contribution < -0.4 is 66.8 Å². The Bertz CT molecular complexity index is 6180. The van der Waals surface area contributed by atoms with Gasteiger partial charge in [0.05, 0.1) is 75.0 Å². The van der Waals surface area contributed by atoms with Crippen LogP contribution in [0.25, 0.3) is 67.3 Å². The quantitative estimate of drug-likeness (QED) is 0.0304. The highest BCUT2D eigenvalue weighted by Crippen LogP contribution is 2.36. The average molecular weight is 1770 g/mol. The molecule has 0 unspecified atom stereocenters. The van der Waals surface area contributed by atoms with E-state index in [2.05, 4.69) is 60.0 Å². The third kappa shape index (κ3) is 26.3. The summed E-state index contributed by atoms with van der Waals surface area (Å²) in [6, 6.07) is 32.4. The van der Waals surface area contributed by atoms with Crippen LogP contribution >= 0.6 is 0 Å². The molecule has 8 aromatic heterocycles. The van der Waals surface area contributed by atoms with E-state index in [4.69, 9.17) is 14.2 Å². The van der Waals surface area contributed by atoms with E-state index in [0.29, 0.717) is 74.8 Å². The molecule has 0 aliphatic rings. The molecule has 13 rings (SSSR count). The Morgan fingerprint density at radius 1 is 0.381 bits per heavy atom. The Labute approximate surface area is 705 Å². The number of aromatic nitrogens is 12. The number of nitrogens with one attached hydrogen (secondary N) is 3. The number of anilines is 4. The average Bonchev–Trinajstić information content (AvgIpc) is 1.30. The van der Waals surface area contributed by atoms with Gasteiger partial charge in [-0.15, -0.1) is 52.7 Å². The third-order valence-electron chi connectivity index (χ3n) is 17.5. The molecule has 0 aliphatic heterocycles. The van der Waals surface area contributed by atoms with Gasteiger partial charge in [-0.2, -0.15) is 20.4 Å². The fraction of sp³-hybridized carbons (Fsp3) is 0.217. The second-order valence-electron chi connectivity index (χ2n) is 26.8. The predicted molar refractivity (Wildman–Crippen MR) is 435 cm³/mol. The van der Waals surface area contributed by atoms with Gasteiger partial charge in [0, 0.05) is 183 Å². The van der Waals surface area contributed by atoms with Gasteiger partial charge in [0.1, 0.15) is 28.7 Å². The summed E-state index contributed by atoms with van der Waals surface area (Å²) in [6.07, 6.45) is -0.614. The minimum Gasteiger partial charge on any atom is -0.497 e. The van der Waals surface area contributed by atoms with Crippen molar-refractivity contribution < 1.29 is 105 Å². The monoisotopic (exact) mass is 1760 g/mol. The van der Waals surface area contributed by atoms with E-state index in [1.54, 1.807) is 99.6 Å². The van der Waals surface area contributed by atoms with E-state index >= 15 is 0 Å². The van der Waals surface area contributed by atoms with Gasteiger partial charge in [0.15, 0.2) is 0 Å². The number of ether oxygens (including phenoxy) is 8. The van der Waals surface area contributed by atoms with E-state index in [0.717, 1.165) is 65.3 Å². The van der Waals surface area contributed by atoms with Crippen molar-refractivity contribution in [2.75, 3.05) is 55.3 Å². The molecule has 662 valence electrons. The Morgan fingerprint density at radius 2 is 0.667 bits per heavy atom. The molecular weight excluding hydrogens is 1690 g/mol. The molecule has 0 radical (unpaired) electrons. The van der Waals surface area contributed by atoms with Crippen molar-refractivity contribution in [1.82, 2.24) is 57.4 Å². The number of unbranched alkanes of at least 4 members (excludes halogenated alkanes) is 1. The number of carbonyl (C=O) groups is 3. The number of methoxy groups -OCH3 is 2. The number of hydrogen-bond acceptors (Lipinski definition) is 20. The molecule has 3 amide bonds. The van der Waals surface area contributed by atoms with Crippen molar-refractivity contribution >= 4 is 41.0 Å². The number of nitrogens with zero attached hydrogens (tertiary/aromatic N) is 13. The second kappa shape index (κ2) is 40.5. The molecule has 3 N–H and O–H groups in total. The molecule has 5 aromatic carbocycles. The number of aryl methyl sites for hydroxylation is 4. The fourth-order valence-electron chi connectivity index (χ4n) is 11.9. The molecule has 0 saturated carbocycles. The number of benzene rings is 5. The summed E-state index contributed by atoms with van der Waals surface area (Å²) in [5, 5.41) is 24.1. The summed E-state index contributed by atoms with van der Waals surface area (Å²) >= 11 is 0. The van der Waals surface area contributed by atoms with Gasteiger partial charge < -0.3 is 42.8 Å². The maximum absolute atomic E-state index is 13.1. The number of alkyl halides is 12. The summed E-state index contributed by atoms with van der Waals surface area (Å²) in [5.41, 5.74) is 6.53. The molecule has 0 atom stereocenters. The summed E-state index contributed by atoms with van der Waals surface area (Å²) in [5.74, 6) is -0.840. The predicted octanol–water partition coefficient (Wildman–Crippen LogP) is 16.3. The van der Waals surface area contributed by atoms with Crippen molar-refractivity contribution in [1.29, 1.82) is 0 Å². The Hall–Kier alpha value is -15.5. The van der Waals surface area contributed by atoms with Crippen molar-refractivity contribution in [2.45, 2.75) is 58.7 Å². The molecule has 0 saturated heterocycles. The van der Waals surface area contributed by atoms with Gasteiger partial charge in [-0.05, 0) is 128 Å². The topological polar surface area (TPSA) is 324 Å². The molecular formula is C83H76F12N16O15. The molecule has 31 nitrogen and oxygen atoms in total. The highest BCUT2D eigenvalue weighted by Gasteiger charge is 2.34. The van der Waals surface area contributed by atoms with Crippen LogP contribution in [0.1, 0.15) is 32.3 Å². The summed E-state index contributed by atoms with van der Waals surface area (Å²) in [4.78, 5) is 88.5. The first-order valence-electron chi connectivity index (χ1n) is 37.2. The lowest BCUT2D eigenvalue weighted by Gasteiger charge is -2.23. The van der Waals surface area contributed by atoms with Crippen molar-refractivity contribution in [3.05, 3.63) is 267 Å². The zero-order valence-electron chi connectivity index (χ0n) is 67.8. The summed E-state index contributed by atoms with van der Waals surface area (Å²) in [7, 11) is 11.6. The number of carbonyl (C=O) groups excluding carboxylic acids is 3. The maximum atomic E-state index is 13.1. The highest BCUT2D eigenvalue weighted by atomic mass is 19.4. The lowest BCUT2D eigenvalue weighted by molar-refractivity contribution is -0.275. The van der Waals surface area contributed by atoms with Crippen LogP contribution in [0, 0.1) is 0 Å². The molecule has 0 spiro atoms. The molecule has 0 bridgehead atoms. The van der Waals surface area contributed by atoms with E-state index < -0.39 is 77.7 Å². The number of halogens is 12. The number of rotatable bonds is 23. The zero-order valence-corrected chi connectivity index (χ0v) is 67.8. The van der Waals surface area contributed by atoms with E-state index in [1.807, 2.05) is 49.3 Å². The van der Waals surface area contributed by atoms with E-state index in [9.17, 15) is 86.2 Å². The minimum atomic E-state index is -4.81. The summed E-state index contributed by atoms with van der Waals surface area (Å²) < 4.78 is 195. The van der Waals surface area contributed by atoms with Gasteiger partial charge in [-0.1, -0.05) is 25.5 Å². The van der Waals surface area contributed by atoms with Gasteiger partial charge in [-0.25, -0.2) is 14.4 Å². The van der Waals surface area contributed by atoms with Gasteiger partial charge in [-0.3, -0.25) is 72.1 Å². The molecule has 126 heavy (non-hydrogen) atoms. The lowest BCUT2D eigenvalue weighted by atomic mass is 10.1. The first kappa shape index (κ1) is 92.8. The lowest BCUT2D eigenvalue weighted by Crippen LogP contribution is -2.23. The van der Waals surface area contributed by atoms with Crippen LogP contribution in [0.2, 0.25) is 0 Å². The molecule has 8 heterocycles. The van der Waals surface area contributed by atoms with Crippen LogP contribution in [-0.2, 0) is 48.9 Å². The van der Waals surface area contributed by atoms with Gasteiger partial charge >= 0.3 is 43.7 Å². The van der Waals surface area contributed by atoms with Gasteiger partial charge in [0.25, 0.3) is 22.2 Å². The fourth-order valence-corrected chi connectivity index (χ4v) is 11.9. The van der Waals surface area contributed by atoms with Crippen LogP contribution in [-0.4, -0.2) is 136 Å². The second-order valence-corrected chi connectivity index (χ2v) is 26.8. The maximum Gasteiger partial charge on any atom is 0.573 e. The molecule has 0 aliphatic carbocycles. The smallest absolute Gasteiger partial charge is 0.497 e. The SMILES string of the molecule is CCCCOC(=O)Nc1cc(=O)n(-c2ccc(OC(F)(F)F)cc2)cc1-c1cnn(C)c1.CCOC(=O)Nc1cc(=O)n(-c2ccc(OC(F)(F)F)cc2)cc1-c1cnn(C)c1.COC(=O)Nc1cc(=O)n(-c2ccc(OC(F)(F)F)cc2)cc1-c1cnn(C)c1.COc1ccc(CN(C)c2cc(=O)n(-c3ccc(OC(F)(F)F)cc3)cc2-c2cnn(C)c2)cc1. The number of pyridine rings is 4. The largest absolute Gasteiger partial charge is 0.573 e. The molecule has 0 fully saturated rings. The van der Waals surface area contributed by atoms with Crippen molar-refractivity contribution in [3.8, 4) is 96.0 Å². The molecule has 43 heteroatoms. The van der Waals surface area contributed by atoms with Crippen LogP contribution in [0.15, 0.2) is 239 Å².